The van der Waals surface area contributed by atoms with E-state index < -0.39 is 11.7 Å². The largest absolute Gasteiger partial charge is 0.416 e. The van der Waals surface area contributed by atoms with Crippen LogP contribution in [0.1, 0.15) is 38.3 Å². The second-order valence-electron chi connectivity index (χ2n) is 6.01. The van der Waals surface area contributed by atoms with Gasteiger partial charge < -0.3 is 10.6 Å². The van der Waals surface area contributed by atoms with Crippen molar-refractivity contribution in [3.63, 3.8) is 0 Å². The van der Waals surface area contributed by atoms with Crippen molar-refractivity contribution in [3.8, 4) is 0 Å². The molecule has 0 amide bonds. The Morgan fingerprint density at radius 1 is 1.10 bits per heavy atom. The number of alkyl halides is 3. The molecule has 0 fully saturated rings. The quantitative estimate of drug-likeness (QED) is 0.732. The van der Waals surface area contributed by atoms with Crippen LogP contribution in [0.5, 0.6) is 0 Å². The van der Waals surface area contributed by atoms with Crippen molar-refractivity contribution in [1.29, 1.82) is 0 Å². The molecule has 0 aliphatic heterocycles. The van der Waals surface area contributed by atoms with Crippen LogP contribution in [0.15, 0.2) is 22.7 Å². The lowest BCUT2D eigenvalue weighted by Crippen LogP contribution is -2.37. The van der Waals surface area contributed by atoms with Crippen molar-refractivity contribution >= 4 is 15.9 Å². The van der Waals surface area contributed by atoms with Gasteiger partial charge in [0.05, 0.1) is 5.56 Å². The second kappa shape index (κ2) is 7.61. The van der Waals surface area contributed by atoms with Crippen LogP contribution in [-0.4, -0.2) is 18.6 Å². The van der Waals surface area contributed by atoms with Crippen molar-refractivity contribution in [2.24, 2.45) is 0 Å². The van der Waals surface area contributed by atoms with Crippen LogP contribution in [0.3, 0.4) is 0 Å². The van der Waals surface area contributed by atoms with Gasteiger partial charge in [-0.1, -0.05) is 15.9 Å². The summed E-state index contributed by atoms with van der Waals surface area (Å²) in [6, 6.07) is 3.71. The molecular formula is C15H22BrF3N2. The van der Waals surface area contributed by atoms with Crippen LogP contribution >= 0.6 is 15.9 Å². The van der Waals surface area contributed by atoms with Gasteiger partial charge >= 0.3 is 6.18 Å². The van der Waals surface area contributed by atoms with Crippen LogP contribution in [0.2, 0.25) is 0 Å². The zero-order valence-corrected chi connectivity index (χ0v) is 14.2. The summed E-state index contributed by atoms with van der Waals surface area (Å²) >= 11 is 3.29. The van der Waals surface area contributed by atoms with E-state index in [0.717, 1.165) is 25.6 Å². The summed E-state index contributed by atoms with van der Waals surface area (Å²) in [4.78, 5) is 0. The van der Waals surface area contributed by atoms with Gasteiger partial charge in [0.25, 0.3) is 0 Å². The summed E-state index contributed by atoms with van der Waals surface area (Å²) in [6.07, 6.45) is -3.38. The lowest BCUT2D eigenvalue weighted by molar-refractivity contribution is -0.137. The molecule has 0 bridgehead atoms. The van der Waals surface area contributed by atoms with Crippen molar-refractivity contribution in [1.82, 2.24) is 10.6 Å². The maximum atomic E-state index is 12.7. The molecule has 1 aromatic rings. The molecule has 2 N–H and O–H groups in total. The minimum atomic E-state index is -4.30. The number of rotatable bonds is 6. The first-order valence-electron chi connectivity index (χ1n) is 6.91. The number of hydrogen-bond acceptors (Lipinski definition) is 2. The predicted molar refractivity (Wildman–Crippen MR) is 83.2 cm³/mol. The summed E-state index contributed by atoms with van der Waals surface area (Å²) < 4.78 is 38.7. The molecule has 120 valence electrons. The standard InChI is InChI=1S/C15H22BrF3N2/c1-14(2,3)21-8-4-7-20-10-11-9-12(15(17,18)19)5-6-13(11)16/h5-6,9,20-21H,4,7-8,10H2,1-3H3. The zero-order chi connectivity index (χ0) is 16.1. The van der Waals surface area contributed by atoms with Crippen LogP contribution in [-0.2, 0) is 12.7 Å². The molecule has 1 aromatic carbocycles. The summed E-state index contributed by atoms with van der Waals surface area (Å²) in [5, 5.41) is 6.53. The third kappa shape index (κ3) is 7.29. The average Bonchev–Trinajstić information content (AvgIpc) is 2.32. The molecule has 0 radical (unpaired) electrons. The summed E-state index contributed by atoms with van der Waals surface area (Å²) in [7, 11) is 0. The molecule has 2 nitrogen and oxygen atoms in total. The van der Waals surface area contributed by atoms with Crippen molar-refractivity contribution in [3.05, 3.63) is 33.8 Å². The van der Waals surface area contributed by atoms with Gasteiger partial charge in [-0.05, 0) is 64.0 Å². The topological polar surface area (TPSA) is 24.1 Å². The first kappa shape index (κ1) is 18.5. The van der Waals surface area contributed by atoms with Crippen molar-refractivity contribution < 1.29 is 13.2 Å². The smallest absolute Gasteiger partial charge is 0.313 e. The Kier molecular flexibility index (Phi) is 6.69. The molecule has 0 saturated heterocycles. The maximum Gasteiger partial charge on any atom is 0.416 e. The number of hydrogen-bond donors (Lipinski definition) is 2. The first-order valence-corrected chi connectivity index (χ1v) is 7.70. The normalized spacial score (nSPS) is 12.7. The van der Waals surface area contributed by atoms with E-state index in [9.17, 15) is 13.2 Å². The van der Waals surface area contributed by atoms with Gasteiger partial charge in [0.1, 0.15) is 0 Å². The van der Waals surface area contributed by atoms with E-state index >= 15 is 0 Å². The Bertz CT molecular complexity index is 453. The third-order valence-electron chi connectivity index (χ3n) is 2.87. The Balaban J connectivity index is 2.42. The predicted octanol–water partition coefficient (Wildman–Crippen LogP) is 4.34. The third-order valence-corrected chi connectivity index (χ3v) is 3.65. The fourth-order valence-corrected chi connectivity index (χ4v) is 2.17. The second-order valence-corrected chi connectivity index (χ2v) is 6.87. The van der Waals surface area contributed by atoms with Crippen molar-refractivity contribution in [2.45, 2.75) is 45.5 Å². The molecule has 21 heavy (non-hydrogen) atoms. The first-order chi connectivity index (χ1) is 9.59. The minimum Gasteiger partial charge on any atom is -0.313 e. The highest BCUT2D eigenvalue weighted by Gasteiger charge is 2.30. The van der Waals surface area contributed by atoms with Crippen LogP contribution < -0.4 is 10.6 Å². The summed E-state index contributed by atoms with van der Waals surface area (Å²) in [5.74, 6) is 0. The molecule has 0 saturated carbocycles. The van der Waals surface area contributed by atoms with Gasteiger partial charge in [-0.2, -0.15) is 13.2 Å². The number of halogens is 4. The fourth-order valence-electron chi connectivity index (χ4n) is 1.79. The molecule has 0 aromatic heterocycles. The van der Waals surface area contributed by atoms with Crippen LogP contribution in [0.4, 0.5) is 13.2 Å². The highest BCUT2D eigenvalue weighted by molar-refractivity contribution is 9.10. The lowest BCUT2D eigenvalue weighted by Gasteiger charge is -2.20. The van der Waals surface area contributed by atoms with E-state index in [4.69, 9.17) is 0 Å². The summed E-state index contributed by atoms with van der Waals surface area (Å²) in [6.45, 7) is 8.34. The molecule has 0 heterocycles. The molecule has 6 heteroatoms. The maximum absolute atomic E-state index is 12.7. The van der Waals surface area contributed by atoms with Crippen LogP contribution in [0, 0.1) is 0 Å². The molecule has 0 aliphatic carbocycles. The molecule has 0 spiro atoms. The molecule has 0 aliphatic rings. The van der Waals surface area contributed by atoms with Gasteiger partial charge in [0.2, 0.25) is 0 Å². The van der Waals surface area contributed by atoms with Gasteiger partial charge in [0, 0.05) is 16.6 Å². The van der Waals surface area contributed by atoms with E-state index in [2.05, 4.69) is 47.3 Å². The fraction of sp³-hybridized carbons (Fsp3) is 0.600. The van der Waals surface area contributed by atoms with E-state index in [1.54, 1.807) is 0 Å². The highest BCUT2D eigenvalue weighted by atomic mass is 79.9. The summed E-state index contributed by atoms with van der Waals surface area (Å²) in [5.41, 5.74) is 0.0925. The molecule has 1 rings (SSSR count). The van der Waals surface area contributed by atoms with Gasteiger partial charge in [-0.25, -0.2) is 0 Å². The molecule has 0 unspecified atom stereocenters. The lowest BCUT2D eigenvalue weighted by atomic mass is 10.1. The zero-order valence-electron chi connectivity index (χ0n) is 12.6. The number of benzene rings is 1. The van der Waals surface area contributed by atoms with Crippen LogP contribution in [0.25, 0.3) is 0 Å². The molecular weight excluding hydrogens is 345 g/mol. The highest BCUT2D eigenvalue weighted by Crippen LogP contribution is 2.31. The van der Waals surface area contributed by atoms with E-state index in [1.807, 2.05) is 0 Å². The van der Waals surface area contributed by atoms with E-state index in [-0.39, 0.29) is 5.54 Å². The minimum absolute atomic E-state index is 0.0874. The Hall–Kier alpha value is -0.590. The molecule has 0 atom stereocenters. The Morgan fingerprint density at radius 2 is 1.76 bits per heavy atom. The SMILES string of the molecule is CC(C)(C)NCCCNCc1cc(C(F)(F)F)ccc1Br. The Labute approximate surface area is 132 Å². The van der Waals surface area contributed by atoms with Gasteiger partial charge in [0.15, 0.2) is 0 Å². The van der Waals surface area contributed by atoms with Crippen molar-refractivity contribution in [2.75, 3.05) is 13.1 Å². The van der Waals surface area contributed by atoms with Gasteiger partial charge in [-0.3, -0.25) is 0 Å². The average molecular weight is 367 g/mol. The number of nitrogens with one attached hydrogen (secondary N) is 2. The monoisotopic (exact) mass is 366 g/mol. The van der Waals surface area contributed by atoms with E-state index in [0.29, 0.717) is 16.6 Å². The van der Waals surface area contributed by atoms with E-state index in [1.165, 1.54) is 12.1 Å². The Morgan fingerprint density at radius 3 is 2.33 bits per heavy atom. The van der Waals surface area contributed by atoms with Gasteiger partial charge in [-0.15, -0.1) is 0 Å².